The monoisotopic (exact) mass is 354 g/mol. The smallest absolute Gasteiger partial charge is 0.187 e. The molecule has 4 rings (SSSR count). The van der Waals surface area contributed by atoms with Crippen molar-refractivity contribution in [2.75, 3.05) is 20.3 Å². The Bertz CT molecular complexity index is 938. The number of ether oxygens (including phenoxy) is 2. The summed E-state index contributed by atoms with van der Waals surface area (Å²) in [6.45, 7) is 1.55. The number of imidazole rings is 1. The van der Waals surface area contributed by atoms with E-state index in [0.717, 1.165) is 43.0 Å². The van der Waals surface area contributed by atoms with Crippen LogP contribution >= 0.6 is 0 Å². The highest BCUT2D eigenvalue weighted by atomic mass is 16.5. The molecule has 3 aromatic rings. The predicted molar refractivity (Wildman–Crippen MR) is 95.8 cm³/mol. The van der Waals surface area contributed by atoms with Gasteiger partial charge in [-0.3, -0.25) is 9.48 Å². The van der Waals surface area contributed by atoms with Crippen LogP contribution in [0.1, 0.15) is 40.5 Å². The van der Waals surface area contributed by atoms with Crippen LogP contribution in [0.5, 0.6) is 5.75 Å². The second-order valence-electron chi connectivity index (χ2n) is 6.67. The molecule has 136 valence electrons. The fourth-order valence-corrected chi connectivity index (χ4v) is 3.42. The summed E-state index contributed by atoms with van der Waals surface area (Å²) < 4.78 is 14.6. The fourth-order valence-electron chi connectivity index (χ4n) is 3.42. The van der Waals surface area contributed by atoms with Gasteiger partial charge in [0.25, 0.3) is 0 Å². The van der Waals surface area contributed by atoms with E-state index in [9.17, 15) is 4.79 Å². The quantitative estimate of drug-likeness (QED) is 0.658. The zero-order valence-corrected chi connectivity index (χ0v) is 15.0. The molecule has 0 atom stereocenters. The zero-order valence-electron chi connectivity index (χ0n) is 15.0. The Labute approximate surface area is 151 Å². The molecule has 26 heavy (non-hydrogen) atoms. The normalized spacial score (nSPS) is 15.5. The Morgan fingerprint density at radius 1 is 1.35 bits per heavy atom. The van der Waals surface area contributed by atoms with Gasteiger partial charge in [0, 0.05) is 51.2 Å². The zero-order chi connectivity index (χ0) is 18.1. The third-order valence-corrected chi connectivity index (χ3v) is 4.82. The Hall–Kier alpha value is -2.67. The number of rotatable bonds is 5. The second-order valence-corrected chi connectivity index (χ2v) is 6.67. The van der Waals surface area contributed by atoms with Crippen LogP contribution in [0.25, 0.3) is 5.65 Å². The number of carbonyl (C=O) groups is 1. The largest absolute Gasteiger partial charge is 0.493 e. The maximum atomic E-state index is 12.5. The molecule has 0 saturated carbocycles. The number of aromatic nitrogens is 4. The molecule has 0 aromatic carbocycles. The van der Waals surface area contributed by atoms with Crippen molar-refractivity contribution in [1.29, 1.82) is 0 Å². The Kier molecular flexibility index (Phi) is 4.46. The van der Waals surface area contributed by atoms with Crippen LogP contribution in [0.2, 0.25) is 0 Å². The number of carbonyl (C=O) groups excluding carboxylic acids is 1. The standard InChI is InChI=1S/C19H22N4O3/c1-22-6-3-15(21-22)17(24)9-13-10-18(25-2)19-20-16(12-23(19)11-13)14-4-7-26-8-5-14/h3,6,10-12,14H,4-5,7-9H2,1-2H3. The molecule has 0 unspecified atom stereocenters. The predicted octanol–water partition coefficient (Wildman–Crippen LogP) is 2.40. The summed E-state index contributed by atoms with van der Waals surface area (Å²) in [5, 5.41) is 4.18. The molecule has 1 fully saturated rings. The highest BCUT2D eigenvalue weighted by Gasteiger charge is 2.20. The number of hydrogen-bond acceptors (Lipinski definition) is 5. The third kappa shape index (κ3) is 3.22. The maximum Gasteiger partial charge on any atom is 0.187 e. The first-order valence-corrected chi connectivity index (χ1v) is 8.80. The van der Waals surface area contributed by atoms with E-state index in [-0.39, 0.29) is 12.2 Å². The van der Waals surface area contributed by atoms with E-state index in [1.54, 1.807) is 31.1 Å². The van der Waals surface area contributed by atoms with Gasteiger partial charge in [-0.05, 0) is 30.5 Å². The van der Waals surface area contributed by atoms with Crippen LogP contribution in [-0.2, 0) is 18.2 Å². The third-order valence-electron chi connectivity index (χ3n) is 4.82. The molecular weight excluding hydrogens is 332 g/mol. The summed E-state index contributed by atoms with van der Waals surface area (Å²) >= 11 is 0. The SMILES string of the molecule is COc1cc(CC(=O)c2ccn(C)n2)cn2cc(C3CCOCC3)nc12. The van der Waals surface area contributed by atoms with Crippen molar-refractivity contribution >= 4 is 11.4 Å². The molecule has 0 aliphatic carbocycles. The average molecular weight is 354 g/mol. The number of pyridine rings is 1. The van der Waals surface area contributed by atoms with Gasteiger partial charge in [-0.1, -0.05) is 0 Å². The summed E-state index contributed by atoms with van der Waals surface area (Å²) in [5.74, 6) is 1.07. The van der Waals surface area contributed by atoms with Crippen LogP contribution in [0.3, 0.4) is 0 Å². The maximum absolute atomic E-state index is 12.5. The van der Waals surface area contributed by atoms with E-state index in [2.05, 4.69) is 5.10 Å². The van der Waals surface area contributed by atoms with Crippen LogP contribution in [0.4, 0.5) is 0 Å². The first-order chi connectivity index (χ1) is 12.6. The molecule has 0 bridgehead atoms. The molecule has 1 saturated heterocycles. The van der Waals surface area contributed by atoms with Crippen molar-refractivity contribution in [3.8, 4) is 5.75 Å². The number of hydrogen-bond donors (Lipinski definition) is 0. The molecular formula is C19H22N4O3. The highest BCUT2D eigenvalue weighted by Crippen LogP contribution is 2.29. The van der Waals surface area contributed by atoms with Crippen molar-refractivity contribution in [1.82, 2.24) is 19.2 Å². The van der Waals surface area contributed by atoms with Gasteiger partial charge in [0.15, 0.2) is 17.2 Å². The van der Waals surface area contributed by atoms with Crippen molar-refractivity contribution in [2.45, 2.75) is 25.2 Å². The number of ketones is 1. The van der Waals surface area contributed by atoms with E-state index < -0.39 is 0 Å². The summed E-state index contributed by atoms with van der Waals surface area (Å²) in [7, 11) is 3.43. The molecule has 0 spiro atoms. The van der Waals surface area contributed by atoms with Gasteiger partial charge >= 0.3 is 0 Å². The average Bonchev–Trinajstić information content (AvgIpc) is 3.28. The molecule has 1 aliphatic rings. The van der Waals surface area contributed by atoms with Crippen molar-refractivity contribution in [3.05, 3.63) is 47.7 Å². The summed E-state index contributed by atoms with van der Waals surface area (Å²) in [4.78, 5) is 17.2. The van der Waals surface area contributed by atoms with E-state index in [1.807, 2.05) is 22.9 Å². The number of methoxy groups -OCH3 is 1. The van der Waals surface area contributed by atoms with Gasteiger partial charge in [-0.15, -0.1) is 0 Å². The van der Waals surface area contributed by atoms with E-state index in [0.29, 0.717) is 17.4 Å². The molecule has 3 aromatic heterocycles. The summed E-state index contributed by atoms with van der Waals surface area (Å²) in [6.07, 6.45) is 8.01. The second kappa shape index (κ2) is 6.92. The lowest BCUT2D eigenvalue weighted by Crippen LogP contribution is -2.14. The van der Waals surface area contributed by atoms with E-state index >= 15 is 0 Å². The highest BCUT2D eigenvalue weighted by molar-refractivity contribution is 5.95. The van der Waals surface area contributed by atoms with Crippen molar-refractivity contribution < 1.29 is 14.3 Å². The topological polar surface area (TPSA) is 70.7 Å². The Morgan fingerprint density at radius 3 is 2.85 bits per heavy atom. The first-order valence-electron chi connectivity index (χ1n) is 8.80. The molecule has 0 amide bonds. The fraction of sp³-hybridized carbons (Fsp3) is 0.421. The van der Waals surface area contributed by atoms with Crippen LogP contribution in [0, 0.1) is 0 Å². The van der Waals surface area contributed by atoms with Gasteiger partial charge in [0.05, 0.1) is 12.8 Å². The number of nitrogens with zero attached hydrogens (tertiary/aromatic N) is 4. The number of Topliss-reactive ketones (excluding diaryl/α,β-unsaturated/α-hetero) is 1. The molecule has 0 N–H and O–H groups in total. The molecule has 0 radical (unpaired) electrons. The van der Waals surface area contributed by atoms with Gasteiger partial charge in [0.2, 0.25) is 0 Å². The lowest BCUT2D eigenvalue weighted by Gasteiger charge is -2.19. The Balaban J connectivity index is 1.64. The first kappa shape index (κ1) is 16.8. The minimum absolute atomic E-state index is 0.0169. The van der Waals surface area contributed by atoms with E-state index in [4.69, 9.17) is 14.5 Å². The summed E-state index contributed by atoms with van der Waals surface area (Å²) in [6, 6.07) is 3.62. The minimum atomic E-state index is -0.0169. The van der Waals surface area contributed by atoms with Crippen molar-refractivity contribution in [3.63, 3.8) is 0 Å². The van der Waals surface area contributed by atoms with Crippen LogP contribution < -0.4 is 4.74 Å². The Morgan fingerprint density at radius 2 is 2.15 bits per heavy atom. The molecule has 7 heteroatoms. The number of fused-ring (bicyclic) bond motifs is 1. The molecule has 4 heterocycles. The van der Waals surface area contributed by atoms with E-state index in [1.165, 1.54) is 0 Å². The van der Waals surface area contributed by atoms with Crippen LogP contribution in [-0.4, -0.2) is 45.3 Å². The van der Waals surface area contributed by atoms with Gasteiger partial charge in [-0.25, -0.2) is 4.98 Å². The van der Waals surface area contributed by atoms with Crippen molar-refractivity contribution in [2.24, 2.45) is 7.05 Å². The number of aryl methyl sites for hydroxylation is 1. The lowest BCUT2D eigenvalue weighted by atomic mass is 9.97. The molecule has 7 nitrogen and oxygen atoms in total. The van der Waals surface area contributed by atoms with Gasteiger partial charge < -0.3 is 13.9 Å². The van der Waals surface area contributed by atoms with Crippen LogP contribution in [0.15, 0.2) is 30.7 Å². The van der Waals surface area contributed by atoms with Gasteiger partial charge in [0.1, 0.15) is 5.69 Å². The minimum Gasteiger partial charge on any atom is -0.493 e. The summed E-state index contributed by atoms with van der Waals surface area (Å²) in [5.41, 5.74) is 3.18. The molecule has 1 aliphatic heterocycles. The van der Waals surface area contributed by atoms with Gasteiger partial charge in [-0.2, -0.15) is 5.10 Å². The lowest BCUT2D eigenvalue weighted by molar-refractivity contribution is 0.0846.